The van der Waals surface area contributed by atoms with E-state index in [-0.39, 0.29) is 11.3 Å². The van der Waals surface area contributed by atoms with Gasteiger partial charge in [-0.15, -0.1) is 0 Å². The van der Waals surface area contributed by atoms with Crippen molar-refractivity contribution in [3.05, 3.63) is 48.5 Å². The van der Waals surface area contributed by atoms with E-state index in [1.807, 2.05) is 0 Å². The third-order valence-electron chi connectivity index (χ3n) is 7.19. The van der Waals surface area contributed by atoms with E-state index in [0.29, 0.717) is 0 Å². The highest BCUT2D eigenvalue weighted by atomic mass is 15.6. The normalized spacial score (nSPS) is 19.2. The number of para-hydroxylation sites is 4. The molecule has 28 heavy (non-hydrogen) atoms. The Hall–Kier alpha value is -2.36. The first kappa shape index (κ1) is 19.0. The van der Waals surface area contributed by atoms with Gasteiger partial charge in [0.15, 0.2) is 11.3 Å². The molecule has 0 N–H and O–H groups in total. The summed E-state index contributed by atoms with van der Waals surface area (Å²) in [6.45, 7) is 17.9. The van der Waals surface area contributed by atoms with Crippen LogP contribution in [0.3, 0.4) is 0 Å². The highest BCUT2D eigenvalue weighted by Crippen LogP contribution is 2.57. The molecule has 0 spiro atoms. The lowest BCUT2D eigenvalue weighted by atomic mass is 9.90. The fraction of sp³-hybridized carbons (Fsp3) is 0.500. The predicted molar refractivity (Wildman–Crippen MR) is 122 cm³/mol. The molecule has 2 aromatic carbocycles. The Bertz CT molecular complexity index is 728. The number of hydrogen-bond donors (Lipinski definition) is 0. The lowest BCUT2D eigenvalue weighted by molar-refractivity contribution is 0.231. The van der Waals surface area contributed by atoms with Crippen LogP contribution in [0.4, 0.5) is 22.7 Å². The summed E-state index contributed by atoms with van der Waals surface area (Å²) < 4.78 is 0. The van der Waals surface area contributed by atoms with E-state index >= 15 is 0 Å². The van der Waals surface area contributed by atoms with Gasteiger partial charge in [0.2, 0.25) is 0 Å². The highest BCUT2D eigenvalue weighted by Gasteiger charge is 2.64. The van der Waals surface area contributed by atoms with E-state index in [0.717, 1.165) is 26.2 Å². The maximum atomic E-state index is 2.61. The van der Waals surface area contributed by atoms with Crippen LogP contribution in [0.1, 0.15) is 41.5 Å². The maximum Gasteiger partial charge on any atom is 0.153 e. The zero-order valence-corrected chi connectivity index (χ0v) is 18.2. The Morgan fingerprint density at radius 1 is 0.500 bits per heavy atom. The Balaban J connectivity index is 1.97. The van der Waals surface area contributed by atoms with Gasteiger partial charge in [-0.25, -0.2) is 0 Å². The van der Waals surface area contributed by atoms with Crippen molar-refractivity contribution in [3.8, 4) is 0 Å². The van der Waals surface area contributed by atoms with Crippen molar-refractivity contribution in [2.45, 2.75) is 52.9 Å². The molecule has 0 saturated heterocycles. The first-order valence-corrected chi connectivity index (χ1v) is 10.8. The molecule has 0 unspecified atom stereocenters. The molecule has 2 aromatic rings. The molecule has 0 radical (unpaired) electrons. The summed E-state index contributed by atoms with van der Waals surface area (Å²) in [5.74, 6) is 0. The van der Waals surface area contributed by atoms with Crippen LogP contribution in [0, 0.1) is 0 Å². The Kier molecular flexibility index (Phi) is 4.48. The van der Waals surface area contributed by atoms with Crippen LogP contribution in [0.5, 0.6) is 0 Å². The summed E-state index contributed by atoms with van der Waals surface area (Å²) in [5, 5.41) is 0. The summed E-state index contributed by atoms with van der Waals surface area (Å²) in [7, 11) is 0. The van der Waals surface area contributed by atoms with Crippen molar-refractivity contribution >= 4 is 22.7 Å². The van der Waals surface area contributed by atoms with E-state index in [1.54, 1.807) is 0 Å². The average Bonchev–Trinajstić information content (AvgIpc) is 3.13. The van der Waals surface area contributed by atoms with Gasteiger partial charge in [0.1, 0.15) is 0 Å². The first-order valence-electron chi connectivity index (χ1n) is 10.8. The second-order valence-electron chi connectivity index (χ2n) is 8.00. The van der Waals surface area contributed by atoms with E-state index in [4.69, 9.17) is 0 Å². The molecule has 0 aliphatic carbocycles. The van der Waals surface area contributed by atoms with E-state index in [9.17, 15) is 0 Å². The topological polar surface area (TPSA) is 13.0 Å². The molecule has 0 aromatic heterocycles. The summed E-state index contributed by atoms with van der Waals surface area (Å²) in [6, 6.07) is 17.8. The van der Waals surface area contributed by atoms with Gasteiger partial charge in [0.05, 0.1) is 22.7 Å². The largest absolute Gasteiger partial charge is 0.344 e. The van der Waals surface area contributed by atoms with Gasteiger partial charge in [-0.3, -0.25) is 0 Å². The van der Waals surface area contributed by atoms with Gasteiger partial charge in [-0.2, -0.15) is 0 Å². The van der Waals surface area contributed by atoms with Crippen molar-refractivity contribution < 1.29 is 0 Å². The molecular weight excluding hydrogens is 344 g/mol. The van der Waals surface area contributed by atoms with Crippen LogP contribution < -0.4 is 19.6 Å². The molecule has 4 heteroatoms. The molecule has 4 nitrogen and oxygen atoms in total. The van der Waals surface area contributed by atoms with Crippen LogP contribution in [-0.4, -0.2) is 37.5 Å². The SMILES string of the molecule is CCN1c2ccccc2N(CC)C1(C)C1(C)N(CC)c2ccccc2N1CC. The standard InChI is InChI=1S/C24H34N4/c1-7-25-19-15-11-12-16-20(19)26(8-2)23(25,5)24(6)27(9-3)21-17-13-14-18-22(21)28(24)10-4/h11-18H,7-10H2,1-6H3. The molecule has 4 rings (SSSR count). The minimum Gasteiger partial charge on any atom is -0.344 e. The van der Waals surface area contributed by atoms with Crippen LogP contribution in [0.15, 0.2) is 48.5 Å². The molecule has 0 fully saturated rings. The van der Waals surface area contributed by atoms with Crippen LogP contribution in [0.2, 0.25) is 0 Å². The molecule has 0 saturated carbocycles. The summed E-state index contributed by atoms with van der Waals surface area (Å²) in [5.41, 5.74) is 4.98. The third-order valence-corrected chi connectivity index (χ3v) is 7.19. The Labute approximate surface area is 170 Å². The molecule has 0 bridgehead atoms. The van der Waals surface area contributed by atoms with Crippen molar-refractivity contribution in [2.75, 3.05) is 45.8 Å². The van der Waals surface area contributed by atoms with Crippen molar-refractivity contribution in [3.63, 3.8) is 0 Å². The fourth-order valence-corrected chi connectivity index (χ4v) is 6.01. The zero-order chi connectivity index (χ0) is 20.1. The number of benzene rings is 2. The van der Waals surface area contributed by atoms with Gasteiger partial charge in [-0.05, 0) is 65.8 Å². The van der Waals surface area contributed by atoms with Gasteiger partial charge in [-0.1, -0.05) is 24.3 Å². The van der Waals surface area contributed by atoms with Crippen LogP contribution in [0.25, 0.3) is 0 Å². The quantitative estimate of drug-likeness (QED) is 0.713. The van der Waals surface area contributed by atoms with Gasteiger partial charge in [0, 0.05) is 26.2 Å². The van der Waals surface area contributed by atoms with E-state index in [2.05, 4.69) is 110 Å². The second kappa shape index (κ2) is 6.61. The molecule has 2 aliphatic rings. The lowest BCUT2D eigenvalue weighted by Crippen LogP contribution is -2.78. The number of rotatable bonds is 5. The second-order valence-corrected chi connectivity index (χ2v) is 8.00. The van der Waals surface area contributed by atoms with Crippen LogP contribution >= 0.6 is 0 Å². The lowest BCUT2D eigenvalue weighted by Gasteiger charge is -2.59. The third kappa shape index (κ3) is 2.06. The highest BCUT2D eigenvalue weighted by molar-refractivity contribution is 5.86. The fourth-order valence-electron chi connectivity index (χ4n) is 6.01. The van der Waals surface area contributed by atoms with E-state index in [1.165, 1.54) is 22.7 Å². The van der Waals surface area contributed by atoms with E-state index < -0.39 is 0 Å². The number of fused-ring (bicyclic) bond motifs is 2. The molecule has 2 heterocycles. The summed E-state index contributed by atoms with van der Waals surface area (Å²) in [4.78, 5) is 10.5. The number of likely N-dealkylation sites (N-methyl/N-ethyl adjacent to an activating group) is 4. The smallest absolute Gasteiger partial charge is 0.153 e. The minimum atomic E-state index is -0.203. The molecule has 150 valence electrons. The number of hydrogen-bond acceptors (Lipinski definition) is 4. The van der Waals surface area contributed by atoms with Crippen molar-refractivity contribution in [2.24, 2.45) is 0 Å². The maximum absolute atomic E-state index is 2.61. The average molecular weight is 379 g/mol. The zero-order valence-electron chi connectivity index (χ0n) is 18.2. The summed E-state index contributed by atoms with van der Waals surface area (Å²) >= 11 is 0. The Morgan fingerprint density at radius 3 is 0.893 bits per heavy atom. The molecule has 0 amide bonds. The van der Waals surface area contributed by atoms with Crippen molar-refractivity contribution in [1.82, 2.24) is 0 Å². The number of anilines is 4. The molecule has 2 aliphatic heterocycles. The van der Waals surface area contributed by atoms with Crippen LogP contribution in [-0.2, 0) is 0 Å². The summed E-state index contributed by atoms with van der Waals surface area (Å²) in [6.07, 6.45) is 0. The monoisotopic (exact) mass is 378 g/mol. The predicted octanol–water partition coefficient (Wildman–Crippen LogP) is 5.15. The number of nitrogens with zero attached hydrogens (tertiary/aromatic N) is 4. The minimum absolute atomic E-state index is 0.203. The Morgan fingerprint density at radius 2 is 0.714 bits per heavy atom. The first-order chi connectivity index (χ1) is 13.5. The van der Waals surface area contributed by atoms with Crippen molar-refractivity contribution in [1.29, 1.82) is 0 Å². The molecular formula is C24H34N4. The van der Waals surface area contributed by atoms with Gasteiger partial charge < -0.3 is 19.6 Å². The molecule has 0 atom stereocenters. The van der Waals surface area contributed by atoms with Gasteiger partial charge >= 0.3 is 0 Å². The van der Waals surface area contributed by atoms with Gasteiger partial charge in [0.25, 0.3) is 0 Å².